The van der Waals surface area contributed by atoms with E-state index in [-0.39, 0.29) is 0 Å². The fraction of sp³-hybridized carbons (Fsp3) is 0.125. The molecular formula is C8H3ClF4O. The van der Waals surface area contributed by atoms with Crippen molar-refractivity contribution in [1.82, 2.24) is 0 Å². The first-order valence-electron chi connectivity index (χ1n) is 3.41. The molecule has 0 bridgehead atoms. The van der Waals surface area contributed by atoms with Crippen molar-refractivity contribution in [3.63, 3.8) is 0 Å². The van der Waals surface area contributed by atoms with Gasteiger partial charge in [0, 0.05) is 0 Å². The second-order valence-corrected chi connectivity index (χ2v) is 2.79. The van der Waals surface area contributed by atoms with E-state index in [0.29, 0.717) is 6.07 Å². The molecule has 0 N–H and O–H groups in total. The van der Waals surface area contributed by atoms with Crippen LogP contribution in [0.4, 0.5) is 17.6 Å². The Labute approximate surface area is 81.3 Å². The molecule has 0 aliphatic carbocycles. The molecule has 1 rings (SSSR count). The molecule has 0 saturated carbocycles. The summed E-state index contributed by atoms with van der Waals surface area (Å²) in [5.41, 5.74) is -1.11. The van der Waals surface area contributed by atoms with Gasteiger partial charge in [-0.2, -0.15) is 0 Å². The van der Waals surface area contributed by atoms with Gasteiger partial charge in [0.15, 0.2) is 11.6 Å². The van der Waals surface area contributed by atoms with Crippen molar-refractivity contribution in [1.29, 1.82) is 0 Å². The van der Waals surface area contributed by atoms with Gasteiger partial charge in [-0.25, -0.2) is 17.6 Å². The largest absolute Gasteiger partial charge is 0.300 e. The molecule has 0 aliphatic heterocycles. The lowest BCUT2D eigenvalue weighted by Crippen LogP contribution is -2.13. The van der Waals surface area contributed by atoms with Crippen molar-refractivity contribution in [2.24, 2.45) is 0 Å². The molecule has 0 aromatic heterocycles. The van der Waals surface area contributed by atoms with E-state index < -0.39 is 34.4 Å². The summed E-state index contributed by atoms with van der Waals surface area (Å²) in [5, 5.41) is -0.533. The summed E-state index contributed by atoms with van der Waals surface area (Å²) in [7, 11) is 0. The Balaban J connectivity index is 3.33. The molecule has 0 heterocycles. The molecule has 0 atom stereocenters. The predicted molar refractivity (Wildman–Crippen MR) is 41.7 cm³/mol. The van der Waals surface area contributed by atoms with Crippen molar-refractivity contribution in [3.05, 3.63) is 34.4 Å². The van der Waals surface area contributed by atoms with Gasteiger partial charge < -0.3 is 0 Å². The lowest BCUT2D eigenvalue weighted by molar-refractivity contribution is 0.0673. The molecule has 0 radical (unpaired) electrons. The van der Waals surface area contributed by atoms with Crippen LogP contribution in [0, 0.1) is 11.6 Å². The van der Waals surface area contributed by atoms with E-state index in [4.69, 9.17) is 11.6 Å². The first-order chi connectivity index (χ1) is 6.45. The molecule has 0 amide bonds. The van der Waals surface area contributed by atoms with Crippen LogP contribution in [0.3, 0.4) is 0 Å². The fourth-order valence-corrected chi connectivity index (χ4v) is 1.10. The van der Waals surface area contributed by atoms with Crippen molar-refractivity contribution >= 4 is 17.4 Å². The highest BCUT2D eigenvalue weighted by molar-refractivity contribution is 6.34. The van der Waals surface area contributed by atoms with Gasteiger partial charge in [-0.3, -0.25) is 4.79 Å². The molecule has 0 aliphatic rings. The van der Waals surface area contributed by atoms with Crippen molar-refractivity contribution < 1.29 is 22.4 Å². The highest BCUT2D eigenvalue weighted by Crippen LogP contribution is 2.23. The molecule has 0 fully saturated rings. The zero-order valence-corrected chi connectivity index (χ0v) is 7.29. The van der Waals surface area contributed by atoms with Crippen LogP contribution in [0.1, 0.15) is 10.4 Å². The van der Waals surface area contributed by atoms with E-state index >= 15 is 0 Å². The number of halogens is 5. The maximum Gasteiger partial charge on any atom is 0.300 e. The van der Waals surface area contributed by atoms with Crippen LogP contribution in [0.5, 0.6) is 0 Å². The lowest BCUT2D eigenvalue weighted by Gasteiger charge is -2.04. The molecule has 14 heavy (non-hydrogen) atoms. The van der Waals surface area contributed by atoms with Gasteiger partial charge >= 0.3 is 6.43 Å². The monoisotopic (exact) mass is 226 g/mol. The lowest BCUT2D eigenvalue weighted by atomic mass is 10.1. The van der Waals surface area contributed by atoms with Crippen LogP contribution in [-0.4, -0.2) is 12.2 Å². The molecule has 1 aromatic rings. The minimum absolute atomic E-state index is 0.533. The minimum atomic E-state index is -3.41. The van der Waals surface area contributed by atoms with Gasteiger partial charge in [0.05, 0.1) is 10.6 Å². The summed E-state index contributed by atoms with van der Waals surface area (Å²) < 4.78 is 49.2. The topological polar surface area (TPSA) is 17.1 Å². The number of alkyl halides is 2. The highest BCUT2D eigenvalue weighted by Gasteiger charge is 2.26. The van der Waals surface area contributed by atoms with E-state index in [1.54, 1.807) is 0 Å². The van der Waals surface area contributed by atoms with Gasteiger partial charge in [-0.1, -0.05) is 11.6 Å². The summed E-state index contributed by atoms with van der Waals surface area (Å²) in [6.45, 7) is 0. The molecule has 6 heteroatoms. The molecule has 0 unspecified atom stereocenters. The van der Waals surface area contributed by atoms with Gasteiger partial charge in [-0.05, 0) is 12.1 Å². The fourth-order valence-electron chi connectivity index (χ4n) is 0.862. The van der Waals surface area contributed by atoms with E-state index in [1.807, 2.05) is 0 Å². The Bertz CT molecular complexity index is 378. The highest BCUT2D eigenvalue weighted by atomic mass is 35.5. The summed E-state index contributed by atoms with van der Waals surface area (Å²) in [6, 6.07) is 1.50. The zero-order chi connectivity index (χ0) is 10.9. The summed E-state index contributed by atoms with van der Waals surface area (Å²) in [4.78, 5) is 10.7. The zero-order valence-electron chi connectivity index (χ0n) is 6.53. The van der Waals surface area contributed by atoms with Gasteiger partial charge in [0.1, 0.15) is 0 Å². The SMILES string of the molecule is O=C(c1c(Cl)ccc(F)c1F)C(F)F. The van der Waals surface area contributed by atoms with Crippen LogP contribution in [-0.2, 0) is 0 Å². The maximum atomic E-state index is 12.9. The van der Waals surface area contributed by atoms with Gasteiger partial charge in [0.25, 0.3) is 0 Å². The number of carbonyl (C=O) groups excluding carboxylic acids is 1. The summed E-state index contributed by atoms with van der Waals surface area (Å²) in [5.74, 6) is -4.87. The number of Topliss-reactive ketones (excluding diaryl/α,β-unsaturated/α-hetero) is 1. The molecular weight excluding hydrogens is 224 g/mol. The maximum absolute atomic E-state index is 12.9. The van der Waals surface area contributed by atoms with E-state index in [2.05, 4.69) is 0 Å². The van der Waals surface area contributed by atoms with Crippen molar-refractivity contribution in [2.45, 2.75) is 6.43 Å². The van der Waals surface area contributed by atoms with Gasteiger partial charge in [-0.15, -0.1) is 0 Å². The normalized spacial score (nSPS) is 10.7. The number of carbonyl (C=O) groups is 1. The Morgan fingerprint density at radius 2 is 1.86 bits per heavy atom. The molecule has 0 saturated heterocycles. The average Bonchev–Trinajstić information content (AvgIpc) is 2.12. The third kappa shape index (κ3) is 1.87. The summed E-state index contributed by atoms with van der Waals surface area (Å²) >= 11 is 5.28. The third-order valence-electron chi connectivity index (χ3n) is 1.49. The first-order valence-corrected chi connectivity index (χ1v) is 3.78. The second kappa shape index (κ2) is 3.96. The van der Waals surface area contributed by atoms with Crippen molar-refractivity contribution in [3.8, 4) is 0 Å². The number of benzene rings is 1. The Morgan fingerprint density at radius 1 is 1.29 bits per heavy atom. The van der Waals surface area contributed by atoms with Crippen LogP contribution in [0.15, 0.2) is 12.1 Å². The number of ketones is 1. The van der Waals surface area contributed by atoms with Crippen LogP contribution in [0.2, 0.25) is 5.02 Å². The van der Waals surface area contributed by atoms with E-state index in [0.717, 1.165) is 6.07 Å². The van der Waals surface area contributed by atoms with Gasteiger partial charge in [0.2, 0.25) is 5.78 Å². The number of rotatable bonds is 2. The van der Waals surface area contributed by atoms with Crippen LogP contribution in [0.25, 0.3) is 0 Å². The summed E-state index contributed by atoms with van der Waals surface area (Å²) in [6.07, 6.45) is -3.41. The minimum Gasteiger partial charge on any atom is -0.288 e. The van der Waals surface area contributed by atoms with E-state index in [9.17, 15) is 22.4 Å². The second-order valence-electron chi connectivity index (χ2n) is 2.38. The standard InChI is InChI=1S/C8H3ClF4O/c9-3-1-2-4(10)6(11)5(3)7(14)8(12)13/h1-2,8H. The predicted octanol–water partition coefficient (Wildman–Crippen LogP) is 3.07. The van der Waals surface area contributed by atoms with E-state index in [1.165, 1.54) is 0 Å². The molecule has 76 valence electrons. The Kier molecular flexibility index (Phi) is 3.10. The molecule has 1 nitrogen and oxygen atoms in total. The number of hydrogen-bond acceptors (Lipinski definition) is 1. The molecule has 1 aromatic carbocycles. The molecule has 0 spiro atoms. The quantitative estimate of drug-likeness (QED) is 0.430. The average molecular weight is 227 g/mol. The Hall–Kier alpha value is -1.10. The number of hydrogen-bond donors (Lipinski definition) is 0. The smallest absolute Gasteiger partial charge is 0.288 e. The van der Waals surface area contributed by atoms with Crippen molar-refractivity contribution in [2.75, 3.05) is 0 Å². The van der Waals surface area contributed by atoms with Crippen LogP contribution >= 0.6 is 11.6 Å². The van der Waals surface area contributed by atoms with Crippen LogP contribution < -0.4 is 0 Å². The Morgan fingerprint density at radius 3 is 2.36 bits per heavy atom. The third-order valence-corrected chi connectivity index (χ3v) is 1.80. The first kappa shape index (κ1) is 11.0.